The normalized spacial score (nSPS) is 15.5. The summed E-state index contributed by atoms with van der Waals surface area (Å²) in [4.78, 5) is 13.1. The van der Waals surface area contributed by atoms with Gasteiger partial charge in [0, 0.05) is 18.5 Å². The van der Waals surface area contributed by atoms with Gasteiger partial charge in [0.2, 0.25) is 0 Å². The molecule has 1 aromatic rings. The van der Waals surface area contributed by atoms with Crippen molar-refractivity contribution in [3.8, 4) is 6.07 Å². The molecule has 0 atom stereocenters. The number of nitrogens with one attached hydrogen (secondary N) is 2. The Morgan fingerprint density at radius 1 is 1.29 bits per heavy atom. The van der Waals surface area contributed by atoms with Crippen LogP contribution in [0.25, 0.3) is 0 Å². The largest absolute Gasteiger partial charge is 0.327 e. The predicted octanol–water partition coefficient (Wildman–Crippen LogP) is 0.175. The second-order valence-corrected chi connectivity index (χ2v) is 4.37. The highest BCUT2D eigenvalue weighted by Crippen LogP contribution is 2.08. The number of likely N-dealkylation sites (tertiary alicyclic amines) is 1. The Kier molecular flexibility index (Phi) is 3.73. The number of benzene rings is 1. The molecule has 1 fully saturated rings. The highest BCUT2D eigenvalue weighted by molar-refractivity contribution is 5.91. The molecule has 17 heavy (non-hydrogen) atoms. The van der Waals surface area contributed by atoms with Crippen LogP contribution >= 0.6 is 0 Å². The van der Waals surface area contributed by atoms with Gasteiger partial charge in [-0.2, -0.15) is 5.26 Å². The van der Waals surface area contributed by atoms with Crippen LogP contribution in [-0.2, 0) is 4.79 Å². The zero-order valence-corrected chi connectivity index (χ0v) is 9.70. The number of quaternary nitrogens is 1. The van der Waals surface area contributed by atoms with E-state index >= 15 is 0 Å². The summed E-state index contributed by atoms with van der Waals surface area (Å²) in [6.07, 6.45) is 2.44. The van der Waals surface area contributed by atoms with Crippen LogP contribution in [0.1, 0.15) is 18.4 Å². The lowest BCUT2D eigenvalue weighted by atomic mass is 10.2. The molecule has 0 spiro atoms. The molecule has 1 aromatic carbocycles. The third-order valence-electron chi connectivity index (χ3n) is 3.02. The molecule has 1 amide bonds. The maximum Gasteiger partial charge on any atom is 0.279 e. The summed E-state index contributed by atoms with van der Waals surface area (Å²) in [5, 5.41) is 11.5. The Balaban J connectivity index is 1.86. The first-order valence-corrected chi connectivity index (χ1v) is 5.91. The molecule has 0 radical (unpaired) electrons. The number of amides is 1. The average molecular weight is 230 g/mol. The monoisotopic (exact) mass is 230 g/mol. The van der Waals surface area contributed by atoms with Gasteiger partial charge in [0.15, 0.2) is 6.54 Å². The van der Waals surface area contributed by atoms with Crippen molar-refractivity contribution in [1.29, 1.82) is 5.26 Å². The van der Waals surface area contributed by atoms with Crippen molar-refractivity contribution in [2.24, 2.45) is 0 Å². The summed E-state index contributed by atoms with van der Waals surface area (Å²) in [6, 6.07) is 8.98. The molecule has 1 aliphatic heterocycles. The number of carbonyl (C=O) groups excluding carboxylic acids is 1. The predicted molar refractivity (Wildman–Crippen MR) is 64.6 cm³/mol. The number of rotatable bonds is 3. The Bertz CT molecular complexity index is 427. The van der Waals surface area contributed by atoms with E-state index in [1.54, 1.807) is 24.3 Å². The molecule has 1 aliphatic rings. The van der Waals surface area contributed by atoms with Crippen molar-refractivity contribution in [2.45, 2.75) is 12.8 Å². The summed E-state index contributed by atoms with van der Waals surface area (Å²) in [5.74, 6) is 0.0478. The van der Waals surface area contributed by atoms with Gasteiger partial charge in [0.25, 0.3) is 5.91 Å². The van der Waals surface area contributed by atoms with Gasteiger partial charge < -0.3 is 10.2 Å². The van der Waals surface area contributed by atoms with Crippen LogP contribution in [-0.4, -0.2) is 25.5 Å². The fourth-order valence-electron chi connectivity index (χ4n) is 2.11. The van der Waals surface area contributed by atoms with Gasteiger partial charge in [-0.25, -0.2) is 0 Å². The third-order valence-corrected chi connectivity index (χ3v) is 3.02. The SMILES string of the molecule is N#Cc1ccc(NC(=O)C[NH+]2CCCC2)cc1. The van der Waals surface area contributed by atoms with Gasteiger partial charge >= 0.3 is 0 Å². The molecule has 88 valence electrons. The summed E-state index contributed by atoms with van der Waals surface area (Å²) in [6.45, 7) is 2.74. The van der Waals surface area contributed by atoms with Gasteiger partial charge in [0.1, 0.15) is 0 Å². The van der Waals surface area contributed by atoms with Crippen LogP contribution in [0.4, 0.5) is 5.69 Å². The zero-order valence-electron chi connectivity index (χ0n) is 9.70. The van der Waals surface area contributed by atoms with Crippen LogP contribution in [0, 0.1) is 11.3 Å². The van der Waals surface area contributed by atoms with Crippen molar-refractivity contribution in [2.75, 3.05) is 25.0 Å². The molecule has 0 saturated carbocycles. The van der Waals surface area contributed by atoms with E-state index in [0.717, 1.165) is 18.8 Å². The van der Waals surface area contributed by atoms with Gasteiger partial charge in [0.05, 0.1) is 24.7 Å². The number of hydrogen-bond acceptors (Lipinski definition) is 2. The maximum absolute atomic E-state index is 11.7. The van der Waals surface area contributed by atoms with E-state index in [9.17, 15) is 4.79 Å². The van der Waals surface area contributed by atoms with E-state index in [0.29, 0.717) is 12.1 Å². The number of hydrogen-bond donors (Lipinski definition) is 2. The van der Waals surface area contributed by atoms with Crippen LogP contribution < -0.4 is 10.2 Å². The summed E-state index contributed by atoms with van der Waals surface area (Å²) < 4.78 is 0. The van der Waals surface area contributed by atoms with Gasteiger partial charge in [-0.1, -0.05) is 0 Å². The fraction of sp³-hybridized carbons (Fsp3) is 0.385. The van der Waals surface area contributed by atoms with Crippen molar-refractivity contribution in [3.05, 3.63) is 29.8 Å². The Labute approximate surface area is 101 Å². The maximum atomic E-state index is 11.7. The first kappa shape index (κ1) is 11.6. The summed E-state index contributed by atoms with van der Waals surface area (Å²) in [5.41, 5.74) is 1.36. The summed E-state index contributed by atoms with van der Waals surface area (Å²) >= 11 is 0. The zero-order chi connectivity index (χ0) is 12.1. The number of anilines is 1. The molecular formula is C13H16N3O+. The van der Waals surface area contributed by atoms with Crippen molar-refractivity contribution in [1.82, 2.24) is 0 Å². The van der Waals surface area contributed by atoms with Crippen LogP contribution in [0.15, 0.2) is 24.3 Å². The standard InChI is InChI=1S/C13H15N3O/c14-9-11-3-5-12(6-4-11)15-13(17)10-16-7-1-2-8-16/h3-6H,1-2,7-8,10H2,(H,15,17)/p+1. The van der Waals surface area contributed by atoms with E-state index in [1.165, 1.54) is 17.7 Å². The second kappa shape index (κ2) is 5.46. The molecule has 4 nitrogen and oxygen atoms in total. The molecule has 0 bridgehead atoms. The van der Waals surface area contributed by atoms with Crippen LogP contribution in [0.2, 0.25) is 0 Å². The van der Waals surface area contributed by atoms with Crippen molar-refractivity contribution >= 4 is 11.6 Å². The minimum absolute atomic E-state index is 0.0478. The van der Waals surface area contributed by atoms with E-state index < -0.39 is 0 Å². The second-order valence-electron chi connectivity index (χ2n) is 4.37. The van der Waals surface area contributed by atoms with E-state index in [4.69, 9.17) is 5.26 Å². The fourth-order valence-corrected chi connectivity index (χ4v) is 2.11. The van der Waals surface area contributed by atoms with Gasteiger partial charge in [-0.15, -0.1) is 0 Å². The lowest BCUT2D eigenvalue weighted by molar-refractivity contribution is -0.878. The quantitative estimate of drug-likeness (QED) is 0.778. The highest BCUT2D eigenvalue weighted by atomic mass is 16.2. The lowest BCUT2D eigenvalue weighted by Crippen LogP contribution is -3.11. The number of carbonyl (C=O) groups is 1. The molecule has 0 unspecified atom stereocenters. The third kappa shape index (κ3) is 3.30. The first-order valence-electron chi connectivity index (χ1n) is 5.91. The molecular weight excluding hydrogens is 214 g/mol. The van der Waals surface area contributed by atoms with E-state index in [-0.39, 0.29) is 5.91 Å². The van der Waals surface area contributed by atoms with E-state index in [2.05, 4.69) is 5.32 Å². The Hall–Kier alpha value is -1.86. The highest BCUT2D eigenvalue weighted by Gasteiger charge is 2.18. The smallest absolute Gasteiger partial charge is 0.279 e. The minimum atomic E-state index is 0.0478. The number of nitriles is 1. The lowest BCUT2D eigenvalue weighted by Gasteiger charge is -2.11. The molecule has 0 aromatic heterocycles. The molecule has 2 N–H and O–H groups in total. The first-order chi connectivity index (χ1) is 8.28. The van der Waals surface area contributed by atoms with Crippen molar-refractivity contribution in [3.63, 3.8) is 0 Å². The van der Waals surface area contributed by atoms with E-state index in [1.807, 2.05) is 6.07 Å². The minimum Gasteiger partial charge on any atom is -0.327 e. The molecule has 1 heterocycles. The van der Waals surface area contributed by atoms with Crippen LogP contribution in [0.5, 0.6) is 0 Å². The summed E-state index contributed by atoms with van der Waals surface area (Å²) in [7, 11) is 0. The average Bonchev–Trinajstić information content (AvgIpc) is 2.82. The molecule has 4 heteroatoms. The van der Waals surface area contributed by atoms with Gasteiger partial charge in [-0.05, 0) is 24.3 Å². The molecule has 0 aliphatic carbocycles. The Morgan fingerprint density at radius 3 is 2.53 bits per heavy atom. The van der Waals surface area contributed by atoms with Crippen molar-refractivity contribution < 1.29 is 9.69 Å². The number of nitrogens with zero attached hydrogens (tertiary/aromatic N) is 1. The van der Waals surface area contributed by atoms with Gasteiger partial charge in [-0.3, -0.25) is 4.79 Å². The molecule has 1 saturated heterocycles. The Morgan fingerprint density at radius 2 is 1.94 bits per heavy atom. The van der Waals surface area contributed by atoms with Crippen LogP contribution in [0.3, 0.4) is 0 Å². The topological polar surface area (TPSA) is 57.3 Å². The molecule has 2 rings (SSSR count).